The minimum absolute atomic E-state index is 0.0855. The lowest BCUT2D eigenvalue weighted by molar-refractivity contribution is -0.384. The summed E-state index contributed by atoms with van der Waals surface area (Å²) in [6.45, 7) is -2.19. The second-order valence-corrected chi connectivity index (χ2v) is 9.95. The summed E-state index contributed by atoms with van der Waals surface area (Å²) >= 11 is 0. The van der Waals surface area contributed by atoms with E-state index in [1.165, 1.54) is 28.0 Å². The number of nitro groups is 1. The van der Waals surface area contributed by atoms with E-state index >= 15 is 0 Å². The fourth-order valence-corrected chi connectivity index (χ4v) is 7.03. The zero-order valence-corrected chi connectivity index (χ0v) is 17.2. The smallest absolute Gasteiger partial charge is 0.258 e. The fourth-order valence-electron chi connectivity index (χ4n) is 3.49. The Labute approximate surface area is 176 Å². The summed E-state index contributed by atoms with van der Waals surface area (Å²) in [6, 6.07) is 38.0. The van der Waals surface area contributed by atoms with E-state index < -0.39 is 6.89 Å². The molecule has 4 rings (SSSR count). The Balaban J connectivity index is 2.04. The molecule has 4 aromatic carbocycles. The first-order chi connectivity index (χ1) is 14.7. The Morgan fingerprint density at radius 2 is 1.03 bits per heavy atom. The van der Waals surface area contributed by atoms with Crippen LogP contribution < -0.4 is 15.9 Å². The van der Waals surface area contributed by atoms with Crippen molar-refractivity contribution >= 4 is 40.0 Å². The molecule has 0 fully saturated rings. The highest BCUT2D eigenvalue weighted by Gasteiger charge is 2.24. The van der Waals surface area contributed by atoms with Gasteiger partial charge >= 0.3 is 0 Å². The zero-order valence-electron chi connectivity index (χ0n) is 16.3. The van der Waals surface area contributed by atoms with Crippen molar-refractivity contribution in [3.63, 3.8) is 0 Å². The lowest BCUT2D eigenvalue weighted by Crippen LogP contribution is -2.25. The number of benzene rings is 4. The Bertz CT molecular complexity index is 1130. The summed E-state index contributed by atoms with van der Waals surface area (Å²) in [7, 11) is 0. The summed E-state index contributed by atoms with van der Waals surface area (Å²) in [5, 5.41) is 14.6. The van der Waals surface area contributed by atoms with Crippen LogP contribution in [-0.4, -0.2) is 10.4 Å². The van der Waals surface area contributed by atoms with Gasteiger partial charge in [-0.05, 0) is 39.7 Å². The van der Waals surface area contributed by atoms with Crippen LogP contribution in [0.4, 0.5) is 5.69 Å². The van der Waals surface area contributed by atoms with E-state index in [1.54, 1.807) is 12.1 Å². The molecule has 0 saturated heterocycles. The highest BCUT2D eigenvalue weighted by molar-refractivity contribution is 7.94. The monoisotopic (exact) mass is 409 g/mol. The van der Waals surface area contributed by atoms with Gasteiger partial charge in [0.05, 0.1) is 4.92 Å². The molecule has 0 aliphatic rings. The molecule has 0 atom stereocenters. The van der Waals surface area contributed by atoms with Crippen LogP contribution in [-0.2, 0) is 0 Å². The molecule has 0 amide bonds. The zero-order chi connectivity index (χ0) is 20.8. The van der Waals surface area contributed by atoms with Crippen LogP contribution in [0.25, 0.3) is 6.08 Å². The van der Waals surface area contributed by atoms with Gasteiger partial charge in [0.2, 0.25) is 0 Å². The van der Waals surface area contributed by atoms with Gasteiger partial charge in [-0.1, -0.05) is 91.0 Å². The molecule has 0 N–H and O–H groups in total. The maximum Gasteiger partial charge on any atom is 0.269 e. The molecule has 0 radical (unpaired) electrons. The summed E-state index contributed by atoms with van der Waals surface area (Å²) in [6.07, 6.45) is 1.96. The van der Waals surface area contributed by atoms with E-state index in [9.17, 15) is 10.1 Å². The molecule has 3 nitrogen and oxygen atoms in total. The van der Waals surface area contributed by atoms with E-state index in [0.29, 0.717) is 0 Å². The van der Waals surface area contributed by atoms with Gasteiger partial charge in [0.25, 0.3) is 5.69 Å². The minimum Gasteiger partial charge on any atom is -0.258 e. The summed E-state index contributed by atoms with van der Waals surface area (Å²) in [5.41, 5.74) is 4.73. The third-order valence-electron chi connectivity index (χ3n) is 4.96. The van der Waals surface area contributed by atoms with Crippen LogP contribution in [0.1, 0.15) is 5.56 Å². The quantitative estimate of drug-likeness (QED) is 0.264. The molecular formula is C26H20NO2P. The molecule has 146 valence electrons. The Morgan fingerprint density at radius 1 is 0.633 bits per heavy atom. The van der Waals surface area contributed by atoms with Crippen molar-refractivity contribution in [1.82, 2.24) is 0 Å². The normalized spacial score (nSPS) is 10.8. The molecule has 0 aliphatic heterocycles. The SMILES string of the molecule is O=[N+]([O-])c1ccc(C=C=P(c2ccccc2)(c2ccccc2)c2ccccc2)cc1. The van der Waals surface area contributed by atoms with E-state index in [1.807, 2.05) is 24.3 Å². The molecular weight excluding hydrogens is 389 g/mol. The van der Waals surface area contributed by atoms with E-state index in [4.69, 9.17) is 0 Å². The predicted octanol–water partition coefficient (Wildman–Crippen LogP) is 5.00. The van der Waals surface area contributed by atoms with Crippen LogP contribution in [0.5, 0.6) is 0 Å². The summed E-state index contributed by atoms with van der Waals surface area (Å²) in [5.74, 6) is 0. The van der Waals surface area contributed by atoms with Crippen molar-refractivity contribution in [3.05, 3.63) is 131 Å². The fraction of sp³-hybridized carbons (Fsp3) is 0. The first kappa shape index (κ1) is 19.7. The third kappa shape index (κ3) is 3.90. The standard InChI is InChI=1S/C26H20NO2P/c28-27(29)23-18-16-22(17-19-23)20-21-30(24-10-4-1-5-11-24,25-12-6-2-7-13-25)26-14-8-3-9-15-26/h1-20H. The molecule has 0 aliphatic carbocycles. The number of rotatable bonds is 5. The van der Waals surface area contributed by atoms with Gasteiger partial charge in [-0.25, -0.2) is 0 Å². The Hall–Kier alpha value is -3.64. The largest absolute Gasteiger partial charge is 0.269 e. The number of nitrogens with zero attached hydrogens (tertiary/aromatic N) is 1. The van der Waals surface area contributed by atoms with Crippen molar-refractivity contribution < 1.29 is 4.92 Å². The van der Waals surface area contributed by atoms with Gasteiger partial charge in [-0.3, -0.25) is 10.1 Å². The first-order valence-corrected chi connectivity index (χ1v) is 11.4. The minimum atomic E-state index is -2.19. The van der Waals surface area contributed by atoms with E-state index in [0.717, 1.165) is 5.56 Å². The van der Waals surface area contributed by atoms with Gasteiger partial charge in [0.1, 0.15) is 0 Å². The topological polar surface area (TPSA) is 43.1 Å². The number of nitro benzene ring substituents is 1. The second-order valence-electron chi connectivity index (χ2n) is 6.80. The Kier molecular flexibility index (Phi) is 5.77. The van der Waals surface area contributed by atoms with Crippen molar-refractivity contribution in [3.8, 4) is 0 Å². The first-order valence-electron chi connectivity index (χ1n) is 9.61. The lowest BCUT2D eigenvalue weighted by atomic mass is 10.2. The Morgan fingerprint density at radius 3 is 1.40 bits per heavy atom. The molecule has 0 saturated carbocycles. The molecule has 0 unspecified atom stereocenters. The highest BCUT2D eigenvalue weighted by atomic mass is 31.2. The molecule has 0 spiro atoms. The second kappa shape index (κ2) is 8.80. The van der Waals surface area contributed by atoms with Gasteiger partial charge in [-0.15, -0.1) is 5.45 Å². The number of hydrogen-bond donors (Lipinski definition) is 0. The van der Waals surface area contributed by atoms with Crippen molar-refractivity contribution in [2.75, 3.05) is 0 Å². The molecule has 4 aromatic rings. The van der Waals surface area contributed by atoms with Crippen LogP contribution in [0.2, 0.25) is 0 Å². The van der Waals surface area contributed by atoms with Gasteiger partial charge in [0.15, 0.2) is 0 Å². The third-order valence-corrected chi connectivity index (χ3v) is 8.69. The number of hydrogen-bond acceptors (Lipinski definition) is 2. The average Bonchev–Trinajstić information content (AvgIpc) is 2.82. The predicted molar refractivity (Wildman–Crippen MR) is 128 cm³/mol. The summed E-state index contributed by atoms with van der Waals surface area (Å²) < 4.78 is 0. The van der Waals surface area contributed by atoms with Crippen molar-refractivity contribution in [2.45, 2.75) is 0 Å². The maximum atomic E-state index is 11.0. The lowest BCUT2D eigenvalue weighted by Gasteiger charge is -2.26. The van der Waals surface area contributed by atoms with E-state index in [2.05, 4.69) is 78.2 Å². The van der Waals surface area contributed by atoms with Gasteiger partial charge < -0.3 is 0 Å². The molecule has 0 aromatic heterocycles. The van der Waals surface area contributed by atoms with Gasteiger partial charge in [0, 0.05) is 19.0 Å². The summed E-state index contributed by atoms with van der Waals surface area (Å²) in [4.78, 5) is 10.6. The van der Waals surface area contributed by atoms with Crippen LogP contribution in [0, 0.1) is 10.1 Å². The van der Waals surface area contributed by atoms with Crippen molar-refractivity contribution in [2.24, 2.45) is 0 Å². The highest BCUT2D eigenvalue weighted by Crippen LogP contribution is 2.42. The van der Waals surface area contributed by atoms with Crippen molar-refractivity contribution in [1.29, 1.82) is 0 Å². The molecule has 0 bridgehead atoms. The van der Waals surface area contributed by atoms with E-state index in [-0.39, 0.29) is 10.6 Å². The molecule has 0 heterocycles. The molecule has 4 heteroatoms. The van der Waals surface area contributed by atoms with Crippen LogP contribution >= 0.6 is 6.89 Å². The molecule has 30 heavy (non-hydrogen) atoms. The van der Waals surface area contributed by atoms with Crippen LogP contribution in [0.15, 0.2) is 115 Å². The van der Waals surface area contributed by atoms with Crippen LogP contribution in [0.3, 0.4) is 0 Å². The van der Waals surface area contributed by atoms with Gasteiger partial charge in [-0.2, -0.15) is 0 Å². The number of non-ortho nitro benzene ring substituents is 1. The maximum absolute atomic E-state index is 11.0. The average molecular weight is 409 g/mol.